The van der Waals surface area contributed by atoms with Crippen LogP contribution in [0.15, 0.2) is 12.2 Å². The Kier molecular flexibility index (Phi) is 2.35. The number of carboxylic acids is 1. The molecule has 4 N–H and O–H groups in total. The van der Waals surface area contributed by atoms with Crippen LogP contribution in [0, 0.1) is 17.8 Å². The van der Waals surface area contributed by atoms with Crippen molar-refractivity contribution in [3.05, 3.63) is 12.2 Å². The average Bonchev–Trinajstić information content (AvgIpc) is 2.76. The van der Waals surface area contributed by atoms with Crippen molar-refractivity contribution in [2.45, 2.75) is 31.4 Å². The molecule has 0 aromatic carbocycles. The van der Waals surface area contributed by atoms with Gasteiger partial charge in [0, 0.05) is 0 Å². The number of carbonyl (C=O) groups is 1. The molecule has 0 aliphatic heterocycles. The van der Waals surface area contributed by atoms with Crippen molar-refractivity contribution in [1.29, 1.82) is 0 Å². The van der Waals surface area contributed by atoms with E-state index in [1.165, 1.54) is 6.92 Å². The molecule has 84 valence electrons. The van der Waals surface area contributed by atoms with Gasteiger partial charge in [-0.15, -0.1) is 0 Å². The van der Waals surface area contributed by atoms with Gasteiger partial charge < -0.3 is 15.9 Å². The van der Waals surface area contributed by atoms with Gasteiger partial charge in [-0.2, -0.15) is 0 Å². The first-order valence-electron chi connectivity index (χ1n) is 5.31. The minimum atomic E-state index is -1.54. The van der Waals surface area contributed by atoms with Gasteiger partial charge in [0.2, 0.25) is 0 Å². The standard InChI is InChI=1S/C11H17NO3/c1-11(12,10(14)15)9(13)8-5-6-2-3-7(8)4-6/h2-3,6-9,13H,4-5,12H2,1H3,(H,14,15)/t6?,7?,8?,9?,11-/m1/s1. The molecule has 0 aromatic heterocycles. The van der Waals surface area contributed by atoms with Crippen molar-refractivity contribution >= 4 is 5.97 Å². The van der Waals surface area contributed by atoms with Crippen LogP contribution in [-0.2, 0) is 4.79 Å². The highest BCUT2D eigenvalue weighted by Gasteiger charge is 2.48. The number of fused-ring (bicyclic) bond motifs is 2. The number of aliphatic carboxylic acids is 1. The van der Waals surface area contributed by atoms with E-state index in [4.69, 9.17) is 10.8 Å². The summed E-state index contributed by atoms with van der Waals surface area (Å²) in [4.78, 5) is 10.9. The van der Waals surface area contributed by atoms with Crippen LogP contribution >= 0.6 is 0 Å². The van der Waals surface area contributed by atoms with Gasteiger partial charge in [-0.1, -0.05) is 12.2 Å². The van der Waals surface area contributed by atoms with Crippen LogP contribution in [0.25, 0.3) is 0 Å². The van der Waals surface area contributed by atoms with Gasteiger partial charge in [0.05, 0.1) is 6.10 Å². The normalized spacial score (nSPS) is 39.0. The Morgan fingerprint density at radius 3 is 2.60 bits per heavy atom. The Bertz CT molecular complexity index is 311. The summed E-state index contributed by atoms with van der Waals surface area (Å²) in [5, 5.41) is 19.0. The maximum atomic E-state index is 10.9. The first kappa shape index (κ1) is 10.6. The number of aliphatic hydroxyl groups excluding tert-OH is 1. The topological polar surface area (TPSA) is 83.6 Å². The molecule has 2 aliphatic carbocycles. The Hall–Kier alpha value is -0.870. The SMILES string of the molecule is C[C@](N)(C(=O)O)C(O)C1CC2C=CC1C2. The molecule has 1 saturated carbocycles. The molecule has 2 aliphatic rings. The van der Waals surface area contributed by atoms with E-state index in [9.17, 15) is 9.90 Å². The number of hydrogen-bond donors (Lipinski definition) is 3. The van der Waals surface area contributed by atoms with Gasteiger partial charge in [-0.05, 0) is 37.5 Å². The average molecular weight is 211 g/mol. The van der Waals surface area contributed by atoms with E-state index in [1.54, 1.807) is 0 Å². The summed E-state index contributed by atoms with van der Waals surface area (Å²) in [6, 6.07) is 0. The summed E-state index contributed by atoms with van der Waals surface area (Å²) >= 11 is 0. The lowest BCUT2D eigenvalue weighted by molar-refractivity contribution is -0.149. The van der Waals surface area contributed by atoms with Gasteiger partial charge >= 0.3 is 5.97 Å². The van der Waals surface area contributed by atoms with Crippen molar-refractivity contribution in [3.63, 3.8) is 0 Å². The first-order chi connectivity index (χ1) is 6.93. The number of rotatable bonds is 3. The van der Waals surface area contributed by atoms with E-state index in [0.717, 1.165) is 12.8 Å². The molecule has 4 heteroatoms. The fourth-order valence-electron chi connectivity index (χ4n) is 2.76. The van der Waals surface area contributed by atoms with E-state index in [2.05, 4.69) is 12.2 Å². The molecule has 0 saturated heterocycles. The van der Waals surface area contributed by atoms with E-state index in [0.29, 0.717) is 11.8 Å². The summed E-state index contributed by atoms with van der Waals surface area (Å²) < 4.78 is 0. The lowest BCUT2D eigenvalue weighted by Gasteiger charge is -2.33. The highest BCUT2D eigenvalue weighted by Crippen LogP contribution is 2.46. The molecule has 4 nitrogen and oxygen atoms in total. The molecule has 0 spiro atoms. The minimum absolute atomic E-state index is 0.00565. The maximum Gasteiger partial charge on any atom is 0.326 e. The number of nitrogens with two attached hydrogens (primary N) is 1. The monoisotopic (exact) mass is 211 g/mol. The lowest BCUT2D eigenvalue weighted by atomic mass is 9.79. The Balaban J connectivity index is 2.12. The fourth-order valence-corrected chi connectivity index (χ4v) is 2.76. The second kappa shape index (κ2) is 3.32. The summed E-state index contributed by atoms with van der Waals surface area (Å²) in [6.07, 6.45) is 5.18. The van der Waals surface area contributed by atoms with Crippen LogP contribution in [0.4, 0.5) is 0 Å². The largest absolute Gasteiger partial charge is 0.480 e. The molecule has 0 radical (unpaired) electrons. The van der Waals surface area contributed by atoms with E-state index in [-0.39, 0.29) is 5.92 Å². The smallest absolute Gasteiger partial charge is 0.326 e. The Labute approximate surface area is 88.8 Å². The fraction of sp³-hybridized carbons (Fsp3) is 0.727. The third-order valence-electron chi connectivity index (χ3n) is 3.81. The molecule has 5 atom stereocenters. The zero-order valence-corrected chi connectivity index (χ0v) is 8.76. The quantitative estimate of drug-likeness (QED) is 0.589. The van der Waals surface area contributed by atoms with E-state index >= 15 is 0 Å². The summed E-state index contributed by atoms with van der Waals surface area (Å²) in [5.74, 6) is -0.306. The molecule has 2 bridgehead atoms. The predicted octanol–water partition coefficient (Wildman–Crippen LogP) is 0.362. The first-order valence-corrected chi connectivity index (χ1v) is 5.31. The lowest BCUT2D eigenvalue weighted by Crippen LogP contribution is -2.58. The number of carboxylic acid groups (broad SMARTS) is 1. The number of aliphatic hydroxyl groups is 1. The third-order valence-corrected chi connectivity index (χ3v) is 3.81. The van der Waals surface area contributed by atoms with Crippen LogP contribution < -0.4 is 5.73 Å². The Morgan fingerprint density at radius 2 is 2.20 bits per heavy atom. The van der Waals surface area contributed by atoms with Crippen LogP contribution in [0.5, 0.6) is 0 Å². The zero-order chi connectivity index (χ0) is 11.2. The Morgan fingerprint density at radius 1 is 1.53 bits per heavy atom. The van der Waals surface area contributed by atoms with Gasteiger partial charge in [0.15, 0.2) is 0 Å². The molecule has 4 unspecified atom stereocenters. The molecule has 15 heavy (non-hydrogen) atoms. The maximum absolute atomic E-state index is 10.9. The molecule has 2 rings (SSSR count). The van der Waals surface area contributed by atoms with Gasteiger partial charge in [0.25, 0.3) is 0 Å². The molecular weight excluding hydrogens is 194 g/mol. The highest BCUT2D eigenvalue weighted by atomic mass is 16.4. The van der Waals surface area contributed by atoms with Crippen LogP contribution in [0.2, 0.25) is 0 Å². The zero-order valence-electron chi connectivity index (χ0n) is 8.76. The highest BCUT2D eigenvalue weighted by molar-refractivity contribution is 5.78. The summed E-state index contributed by atoms with van der Waals surface area (Å²) in [5.41, 5.74) is 4.10. The van der Waals surface area contributed by atoms with Crippen LogP contribution in [0.3, 0.4) is 0 Å². The van der Waals surface area contributed by atoms with Crippen molar-refractivity contribution in [2.24, 2.45) is 23.5 Å². The molecule has 0 amide bonds. The van der Waals surface area contributed by atoms with Gasteiger partial charge in [-0.25, -0.2) is 0 Å². The van der Waals surface area contributed by atoms with Gasteiger partial charge in [-0.3, -0.25) is 4.79 Å². The van der Waals surface area contributed by atoms with E-state index < -0.39 is 17.6 Å². The van der Waals surface area contributed by atoms with Gasteiger partial charge in [0.1, 0.15) is 5.54 Å². The number of hydrogen-bond acceptors (Lipinski definition) is 3. The summed E-state index contributed by atoms with van der Waals surface area (Å²) in [7, 11) is 0. The van der Waals surface area contributed by atoms with Crippen LogP contribution in [0.1, 0.15) is 19.8 Å². The predicted molar refractivity (Wildman–Crippen MR) is 55.1 cm³/mol. The van der Waals surface area contributed by atoms with Crippen molar-refractivity contribution in [2.75, 3.05) is 0 Å². The molecular formula is C11H17NO3. The van der Waals surface area contributed by atoms with E-state index in [1.807, 2.05) is 0 Å². The van der Waals surface area contributed by atoms with Crippen molar-refractivity contribution in [1.82, 2.24) is 0 Å². The second-order valence-electron chi connectivity index (χ2n) is 4.98. The minimum Gasteiger partial charge on any atom is -0.480 e. The number of allylic oxidation sites excluding steroid dienone is 2. The third kappa shape index (κ3) is 1.58. The molecule has 0 aromatic rings. The molecule has 1 fully saturated rings. The second-order valence-corrected chi connectivity index (χ2v) is 4.98. The van der Waals surface area contributed by atoms with Crippen molar-refractivity contribution < 1.29 is 15.0 Å². The molecule has 0 heterocycles. The van der Waals surface area contributed by atoms with Crippen LogP contribution in [-0.4, -0.2) is 27.8 Å². The summed E-state index contributed by atoms with van der Waals surface area (Å²) in [6.45, 7) is 1.38. The van der Waals surface area contributed by atoms with Crippen molar-refractivity contribution in [3.8, 4) is 0 Å².